The molecule has 0 radical (unpaired) electrons. The summed E-state index contributed by atoms with van der Waals surface area (Å²) >= 11 is 5.68. The first-order valence-electron chi connectivity index (χ1n) is 4.17. The Balaban J connectivity index is 2.77. The van der Waals surface area contributed by atoms with Crippen molar-refractivity contribution in [2.24, 2.45) is 0 Å². The lowest BCUT2D eigenvalue weighted by atomic mass is 10.1. The molecule has 0 saturated heterocycles. The second-order valence-corrected chi connectivity index (χ2v) is 3.39. The fourth-order valence-electron chi connectivity index (χ4n) is 1.47. The first-order chi connectivity index (χ1) is 6.22. The van der Waals surface area contributed by atoms with Gasteiger partial charge < -0.3 is 4.98 Å². The van der Waals surface area contributed by atoms with Crippen LogP contribution < -0.4 is 0 Å². The maximum absolute atomic E-state index is 13.0. The van der Waals surface area contributed by atoms with Crippen LogP contribution in [0.2, 0.25) is 5.02 Å². The molecule has 0 unspecified atom stereocenters. The van der Waals surface area contributed by atoms with Crippen molar-refractivity contribution in [2.45, 2.75) is 13.3 Å². The molecule has 0 saturated carbocycles. The highest BCUT2D eigenvalue weighted by molar-refractivity contribution is 6.31. The molecular formula is C10H9ClFN. The summed E-state index contributed by atoms with van der Waals surface area (Å²) in [7, 11) is 0. The fourth-order valence-corrected chi connectivity index (χ4v) is 1.63. The average molecular weight is 198 g/mol. The van der Waals surface area contributed by atoms with Gasteiger partial charge in [-0.1, -0.05) is 18.5 Å². The van der Waals surface area contributed by atoms with E-state index in [2.05, 4.69) is 11.9 Å². The summed E-state index contributed by atoms with van der Waals surface area (Å²) in [4.78, 5) is 3.01. The van der Waals surface area contributed by atoms with Gasteiger partial charge in [-0.15, -0.1) is 0 Å². The van der Waals surface area contributed by atoms with Gasteiger partial charge in [-0.25, -0.2) is 4.39 Å². The van der Waals surface area contributed by atoms with Crippen molar-refractivity contribution in [3.8, 4) is 0 Å². The van der Waals surface area contributed by atoms with E-state index in [9.17, 15) is 4.39 Å². The normalized spacial score (nSPS) is 11.0. The minimum atomic E-state index is -0.376. The van der Waals surface area contributed by atoms with E-state index in [0.717, 1.165) is 22.9 Å². The van der Waals surface area contributed by atoms with Gasteiger partial charge in [0.15, 0.2) is 0 Å². The van der Waals surface area contributed by atoms with E-state index in [-0.39, 0.29) is 10.8 Å². The van der Waals surface area contributed by atoms with Gasteiger partial charge in [-0.3, -0.25) is 0 Å². The topological polar surface area (TPSA) is 15.8 Å². The largest absolute Gasteiger partial charge is 0.361 e. The van der Waals surface area contributed by atoms with Crippen LogP contribution in [-0.2, 0) is 6.42 Å². The third kappa shape index (κ3) is 1.31. The summed E-state index contributed by atoms with van der Waals surface area (Å²) in [6, 6.07) is 3.10. The van der Waals surface area contributed by atoms with Crippen LogP contribution in [0.1, 0.15) is 12.5 Å². The van der Waals surface area contributed by atoms with Crippen molar-refractivity contribution in [3.63, 3.8) is 0 Å². The lowest BCUT2D eigenvalue weighted by Crippen LogP contribution is -1.79. The zero-order chi connectivity index (χ0) is 9.42. The zero-order valence-electron chi connectivity index (χ0n) is 7.20. The highest BCUT2D eigenvalue weighted by atomic mass is 35.5. The van der Waals surface area contributed by atoms with Crippen LogP contribution in [0, 0.1) is 5.82 Å². The summed E-state index contributed by atoms with van der Waals surface area (Å²) < 4.78 is 13.0. The molecule has 0 bridgehead atoms. The smallest absolute Gasteiger partial charge is 0.143 e. The Labute approximate surface area is 80.5 Å². The van der Waals surface area contributed by atoms with Crippen LogP contribution in [0.25, 0.3) is 10.9 Å². The first-order valence-corrected chi connectivity index (χ1v) is 4.55. The van der Waals surface area contributed by atoms with Gasteiger partial charge in [-0.2, -0.15) is 0 Å². The van der Waals surface area contributed by atoms with Crippen molar-refractivity contribution in [3.05, 3.63) is 34.7 Å². The summed E-state index contributed by atoms with van der Waals surface area (Å²) in [6.07, 6.45) is 2.81. The second kappa shape index (κ2) is 3.04. The molecule has 0 spiro atoms. The van der Waals surface area contributed by atoms with Crippen LogP contribution in [0.15, 0.2) is 18.3 Å². The summed E-state index contributed by atoms with van der Waals surface area (Å²) in [6.45, 7) is 2.06. The number of H-pyrrole nitrogens is 1. The molecule has 3 heteroatoms. The molecule has 0 aliphatic carbocycles. The quantitative estimate of drug-likeness (QED) is 0.720. The molecule has 1 N–H and O–H groups in total. The minimum absolute atomic E-state index is 0.182. The van der Waals surface area contributed by atoms with E-state index in [1.54, 1.807) is 6.07 Å². The fraction of sp³-hybridized carbons (Fsp3) is 0.200. The van der Waals surface area contributed by atoms with Gasteiger partial charge in [0.25, 0.3) is 0 Å². The maximum atomic E-state index is 13.0. The Morgan fingerprint density at radius 1 is 1.46 bits per heavy atom. The molecular weight excluding hydrogens is 189 g/mol. The van der Waals surface area contributed by atoms with E-state index in [4.69, 9.17) is 11.6 Å². The number of halogens is 2. The molecule has 1 heterocycles. The number of aromatic nitrogens is 1. The van der Waals surface area contributed by atoms with Crippen molar-refractivity contribution in [1.29, 1.82) is 0 Å². The highest BCUT2D eigenvalue weighted by Crippen LogP contribution is 2.25. The van der Waals surface area contributed by atoms with Crippen molar-refractivity contribution in [2.75, 3.05) is 0 Å². The number of benzene rings is 1. The number of hydrogen-bond donors (Lipinski definition) is 1. The molecule has 1 aromatic heterocycles. The lowest BCUT2D eigenvalue weighted by molar-refractivity contribution is 0.630. The summed E-state index contributed by atoms with van der Waals surface area (Å²) in [5, 5.41) is 1.19. The number of fused-ring (bicyclic) bond motifs is 1. The van der Waals surface area contributed by atoms with Gasteiger partial charge in [0.05, 0.1) is 5.02 Å². The summed E-state index contributed by atoms with van der Waals surface area (Å²) in [5.74, 6) is -0.376. The SMILES string of the molecule is CCc1c[nH]c2cc(F)c(Cl)cc12. The van der Waals surface area contributed by atoms with Crippen molar-refractivity contribution < 1.29 is 4.39 Å². The predicted octanol–water partition coefficient (Wildman–Crippen LogP) is 3.52. The Morgan fingerprint density at radius 2 is 2.23 bits per heavy atom. The lowest BCUT2D eigenvalue weighted by Gasteiger charge is -1.96. The van der Waals surface area contributed by atoms with E-state index < -0.39 is 0 Å². The molecule has 0 fully saturated rings. The molecule has 1 aromatic carbocycles. The minimum Gasteiger partial charge on any atom is -0.361 e. The predicted molar refractivity (Wildman–Crippen MR) is 52.6 cm³/mol. The molecule has 0 aliphatic heterocycles. The van der Waals surface area contributed by atoms with Crippen molar-refractivity contribution >= 4 is 22.5 Å². The van der Waals surface area contributed by atoms with Crippen LogP contribution in [-0.4, -0.2) is 4.98 Å². The van der Waals surface area contributed by atoms with Gasteiger partial charge in [0.1, 0.15) is 5.82 Å². The second-order valence-electron chi connectivity index (χ2n) is 2.98. The van der Waals surface area contributed by atoms with Crippen LogP contribution in [0.3, 0.4) is 0 Å². The third-order valence-corrected chi connectivity index (χ3v) is 2.48. The molecule has 0 atom stereocenters. The number of aryl methyl sites for hydroxylation is 1. The number of aromatic amines is 1. The monoisotopic (exact) mass is 197 g/mol. The van der Waals surface area contributed by atoms with Crippen molar-refractivity contribution in [1.82, 2.24) is 4.98 Å². The summed E-state index contributed by atoms with van der Waals surface area (Å²) in [5.41, 5.74) is 1.97. The van der Waals surface area contributed by atoms with E-state index in [1.165, 1.54) is 6.07 Å². The molecule has 2 rings (SSSR count). The van der Waals surface area contributed by atoms with E-state index >= 15 is 0 Å². The number of nitrogens with one attached hydrogen (secondary N) is 1. The van der Waals surface area contributed by atoms with Gasteiger partial charge in [0.2, 0.25) is 0 Å². The molecule has 1 nitrogen and oxygen atoms in total. The Bertz CT molecular complexity index is 447. The maximum Gasteiger partial charge on any atom is 0.143 e. The van der Waals surface area contributed by atoms with Gasteiger partial charge >= 0.3 is 0 Å². The first kappa shape index (κ1) is 8.57. The van der Waals surface area contributed by atoms with Crippen LogP contribution in [0.5, 0.6) is 0 Å². The van der Waals surface area contributed by atoms with Crippen LogP contribution >= 0.6 is 11.6 Å². The molecule has 68 valence electrons. The average Bonchev–Trinajstić information content (AvgIpc) is 2.48. The Hall–Kier alpha value is -1.02. The molecule has 0 aliphatic rings. The number of hydrogen-bond acceptors (Lipinski definition) is 0. The van der Waals surface area contributed by atoms with E-state index in [1.807, 2.05) is 6.20 Å². The van der Waals surface area contributed by atoms with Gasteiger partial charge in [-0.05, 0) is 24.1 Å². The molecule has 13 heavy (non-hydrogen) atoms. The standard InChI is InChI=1S/C10H9ClFN/c1-2-6-5-13-10-4-9(12)8(11)3-7(6)10/h3-5,13H,2H2,1H3. The van der Waals surface area contributed by atoms with E-state index in [0.29, 0.717) is 0 Å². The van der Waals surface area contributed by atoms with Crippen LogP contribution in [0.4, 0.5) is 4.39 Å². The molecule has 2 aromatic rings. The number of rotatable bonds is 1. The third-order valence-electron chi connectivity index (χ3n) is 2.19. The Kier molecular flexibility index (Phi) is 2.00. The Morgan fingerprint density at radius 3 is 2.92 bits per heavy atom. The highest BCUT2D eigenvalue weighted by Gasteiger charge is 2.06. The zero-order valence-corrected chi connectivity index (χ0v) is 7.95. The molecule has 0 amide bonds. The van der Waals surface area contributed by atoms with Gasteiger partial charge in [0, 0.05) is 17.1 Å².